The molecule has 0 radical (unpaired) electrons. The number of hydrogen-bond donors (Lipinski definition) is 1. The Balaban J connectivity index is 2.32. The summed E-state index contributed by atoms with van der Waals surface area (Å²) in [6, 6.07) is 14.2. The van der Waals surface area contributed by atoms with E-state index in [0.717, 1.165) is 8.54 Å². The van der Waals surface area contributed by atoms with Crippen molar-refractivity contribution in [2.45, 2.75) is 11.4 Å². The van der Waals surface area contributed by atoms with Gasteiger partial charge < -0.3 is 5.32 Å². The van der Waals surface area contributed by atoms with Gasteiger partial charge in [0.15, 0.2) is 0 Å². The maximum atomic E-state index is 12.9. The molecule has 0 saturated carbocycles. The first kappa shape index (κ1) is 16.0. The van der Waals surface area contributed by atoms with Crippen LogP contribution in [0.2, 0.25) is 0 Å². The highest BCUT2D eigenvalue weighted by Crippen LogP contribution is 2.19. The van der Waals surface area contributed by atoms with Gasteiger partial charge in [0.25, 0.3) is 10.0 Å². The quantitative estimate of drug-likeness (QED) is 0.757. The van der Waals surface area contributed by atoms with Crippen LogP contribution in [0.1, 0.15) is 0 Å². The van der Waals surface area contributed by atoms with Crippen molar-refractivity contribution in [3.63, 3.8) is 0 Å². The number of imidazole rings is 1. The number of benzene rings is 2. The van der Waals surface area contributed by atoms with E-state index in [1.165, 1.54) is 25.2 Å². The van der Waals surface area contributed by atoms with Crippen molar-refractivity contribution >= 4 is 27.0 Å². The van der Waals surface area contributed by atoms with Crippen molar-refractivity contribution in [3.05, 3.63) is 65.1 Å². The third-order valence-electron chi connectivity index (χ3n) is 3.66. The van der Waals surface area contributed by atoms with Crippen molar-refractivity contribution < 1.29 is 13.2 Å². The van der Waals surface area contributed by atoms with Gasteiger partial charge in [-0.15, -0.1) is 0 Å². The van der Waals surface area contributed by atoms with Gasteiger partial charge in [-0.05, 0) is 24.3 Å². The molecule has 0 spiro atoms. The van der Waals surface area contributed by atoms with E-state index >= 15 is 0 Å². The van der Waals surface area contributed by atoms with Crippen molar-refractivity contribution in [1.82, 2.24) is 13.9 Å². The number of hydrogen-bond acceptors (Lipinski definition) is 4. The molecule has 8 heteroatoms. The summed E-state index contributed by atoms with van der Waals surface area (Å²) in [6.45, 7) is -0.257. The first-order valence-corrected chi connectivity index (χ1v) is 8.62. The van der Waals surface area contributed by atoms with Crippen molar-refractivity contribution in [2.75, 3.05) is 7.05 Å². The van der Waals surface area contributed by atoms with Gasteiger partial charge in [0.1, 0.15) is 6.54 Å². The fourth-order valence-corrected chi connectivity index (χ4v) is 3.91. The lowest BCUT2D eigenvalue weighted by Crippen LogP contribution is -2.33. The number of aromatic nitrogens is 2. The van der Waals surface area contributed by atoms with Crippen molar-refractivity contribution in [1.29, 1.82) is 0 Å². The zero-order valence-electron chi connectivity index (χ0n) is 12.8. The maximum Gasteiger partial charge on any atom is 0.343 e. The van der Waals surface area contributed by atoms with Gasteiger partial charge in [0, 0.05) is 7.05 Å². The monoisotopic (exact) mass is 345 g/mol. The van der Waals surface area contributed by atoms with Crippen LogP contribution < -0.4 is 11.0 Å². The van der Waals surface area contributed by atoms with Crippen LogP contribution in [0, 0.1) is 0 Å². The molecule has 3 aromatic rings. The molecule has 124 valence electrons. The first-order valence-electron chi connectivity index (χ1n) is 7.18. The molecule has 24 heavy (non-hydrogen) atoms. The highest BCUT2D eigenvalue weighted by molar-refractivity contribution is 7.90. The summed E-state index contributed by atoms with van der Waals surface area (Å²) in [5, 5.41) is 2.43. The van der Waals surface area contributed by atoms with E-state index in [-0.39, 0.29) is 17.0 Å². The van der Waals surface area contributed by atoms with E-state index in [1.807, 2.05) is 0 Å². The highest BCUT2D eigenvalue weighted by Gasteiger charge is 2.25. The van der Waals surface area contributed by atoms with Gasteiger partial charge >= 0.3 is 5.69 Å². The second kappa shape index (κ2) is 5.97. The average Bonchev–Trinajstić information content (AvgIpc) is 2.88. The summed E-state index contributed by atoms with van der Waals surface area (Å²) >= 11 is 0. The summed E-state index contributed by atoms with van der Waals surface area (Å²) in [5.74, 6) is -0.392. The zero-order valence-corrected chi connectivity index (χ0v) is 13.7. The molecule has 1 aromatic heterocycles. The summed E-state index contributed by atoms with van der Waals surface area (Å²) in [7, 11) is -2.61. The van der Waals surface area contributed by atoms with Gasteiger partial charge in [-0.3, -0.25) is 9.36 Å². The molecule has 0 atom stereocenters. The molecule has 0 aliphatic heterocycles. The van der Waals surface area contributed by atoms with Gasteiger partial charge in [-0.25, -0.2) is 13.2 Å². The van der Waals surface area contributed by atoms with Gasteiger partial charge in [0.05, 0.1) is 15.9 Å². The predicted molar refractivity (Wildman–Crippen MR) is 89.3 cm³/mol. The minimum Gasteiger partial charge on any atom is -0.358 e. The lowest BCUT2D eigenvalue weighted by Gasteiger charge is -2.05. The Kier molecular flexibility index (Phi) is 3.98. The molecule has 1 amide bonds. The number of nitrogens with one attached hydrogen (secondary N) is 1. The van der Waals surface area contributed by atoms with Crippen LogP contribution in [0.4, 0.5) is 0 Å². The number of para-hydroxylation sites is 2. The largest absolute Gasteiger partial charge is 0.358 e. The van der Waals surface area contributed by atoms with Crippen LogP contribution in [0.15, 0.2) is 64.3 Å². The number of nitrogens with zero attached hydrogens (tertiary/aromatic N) is 2. The molecule has 2 aromatic carbocycles. The molecule has 1 N–H and O–H groups in total. The molecular weight excluding hydrogens is 330 g/mol. The van der Waals surface area contributed by atoms with Crippen LogP contribution in [0.3, 0.4) is 0 Å². The Morgan fingerprint density at radius 2 is 1.58 bits per heavy atom. The Hall–Kier alpha value is -2.87. The lowest BCUT2D eigenvalue weighted by atomic mass is 10.3. The third kappa shape index (κ3) is 2.50. The topological polar surface area (TPSA) is 90.2 Å². The normalized spacial score (nSPS) is 11.5. The molecule has 0 bridgehead atoms. The molecular formula is C16H15N3O4S. The Morgan fingerprint density at radius 1 is 1.00 bits per heavy atom. The van der Waals surface area contributed by atoms with Gasteiger partial charge in [-0.1, -0.05) is 30.3 Å². The maximum absolute atomic E-state index is 12.9. The molecule has 0 saturated heterocycles. The zero-order chi connectivity index (χ0) is 17.3. The SMILES string of the molecule is CNC(=O)Cn1c(=O)n(S(=O)(=O)c2ccccc2)c2ccccc21. The number of carbonyl (C=O) groups is 1. The molecule has 1 heterocycles. The van der Waals surface area contributed by atoms with Gasteiger partial charge in [0.2, 0.25) is 5.91 Å². The van der Waals surface area contributed by atoms with Crippen LogP contribution >= 0.6 is 0 Å². The van der Waals surface area contributed by atoms with Crippen LogP contribution in [0.5, 0.6) is 0 Å². The van der Waals surface area contributed by atoms with Crippen LogP contribution in [-0.4, -0.2) is 29.9 Å². The van der Waals surface area contributed by atoms with E-state index in [1.54, 1.807) is 36.4 Å². The third-order valence-corrected chi connectivity index (χ3v) is 5.36. The summed E-state index contributed by atoms with van der Waals surface area (Å²) in [5.41, 5.74) is -0.162. The van der Waals surface area contributed by atoms with Crippen molar-refractivity contribution in [3.8, 4) is 0 Å². The van der Waals surface area contributed by atoms with E-state index in [4.69, 9.17) is 0 Å². The van der Waals surface area contributed by atoms with E-state index < -0.39 is 21.6 Å². The molecule has 7 nitrogen and oxygen atoms in total. The fraction of sp³-hybridized carbons (Fsp3) is 0.125. The first-order chi connectivity index (χ1) is 11.5. The molecule has 3 rings (SSSR count). The molecule has 0 unspecified atom stereocenters. The number of carbonyl (C=O) groups excluding carboxylic acids is 1. The van der Waals surface area contributed by atoms with Crippen LogP contribution in [0.25, 0.3) is 11.0 Å². The predicted octanol–water partition coefficient (Wildman–Crippen LogP) is 0.786. The lowest BCUT2D eigenvalue weighted by molar-refractivity contribution is -0.121. The van der Waals surface area contributed by atoms with E-state index in [0.29, 0.717) is 5.52 Å². The standard InChI is InChI=1S/C16H15N3O4S/c1-17-15(20)11-18-13-9-5-6-10-14(13)19(16(18)21)24(22,23)12-7-3-2-4-8-12/h2-10H,11H2,1H3,(H,17,20). The molecule has 0 aliphatic rings. The minimum absolute atomic E-state index is 0.00921. The van der Waals surface area contributed by atoms with E-state index in [9.17, 15) is 18.0 Å². The second-order valence-electron chi connectivity index (χ2n) is 5.11. The Labute approximate surface area is 138 Å². The number of likely N-dealkylation sites (N-methyl/N-ethyl adjacent to an activating group) is 1. The second-order valence-corrected chi connectivity index (χ2v) is 6.90. The summed E-state index contributed by atoms with van der Waals surface area (Å²) in [4.78, 5) is 24.4. The Morgan fingerprint density at radius 3 is 2.21 bits per heavy atom. The number of rotatable bonds is 4. The summed E-state index contributed by atoms with van der Waals surface area (Å²) < 4.78 is 27.7. The summed E-state index contributed by atoms with van der Waals surface area (Å²) in [6.07, 6.45) is 0. The van der Waals surface area contributed by atoms with E-state index in [2.05, 4.69) is 5.32 Å². The molecule has 0 fully saturated rings. The Bertz CT molecular complexity index is 1070. The number of amides is 1. The van der Waals surface area contributed by atoms with Crippen molar-refractivity contribution in [2.24, 2.45) is 0 Å². The average molecular weight is 345 g/mol. The molecule has 0 aliphatic carbocycles. The fourth-order valence-electron chi connectivity index (χ4n) is 2.49. The van der Waals surface area contributed by atoms with Crippen LogP contribution in [-0.2, 0) is 21.4 Å². The van der Waals surface area contributed by atoms with Gasteiger partial charge in [-0.2, -0.15) is 3.97 Å². The highest BCUT2D eigenvalue weighted by atomic mass is 32.2. The number of fused-ring (bicyclic) bond motifs is 1. The smallest absolute Gasteiger partial charge is 0.343 e. The minimum atomic E-state index is -4.07.